The average molecular weight is 131 g/mol. The standard InChI is InChI=1S/C6H13NO2/c1-5-2-3-8-6(4-7)9-5/h5-6H,2-4,7H2,1H3. The van der Waals surface area contributed by atoms with Gasteiger partial charge in [-0.15, -0.1) is 0 Å². The zero-order valence-corrected chi connectivity index (χ0v) is 5.67. The molecule has 0 aromatic rings. The van der Waals surface area contributed by atoms with E-state index in [1.165, 1.54) is 0 Å². The molecule has 0 radical (unpaired) electrons. The molecule has 2 N–H and O–H groups in total. The highest BCUT2D eigenvalue weighted by Gasteiger charge is 2.17. The van der Waals surface area contributed by atoms with E-state index in [9.17, 15) is 0 Å². The Morgan fingerprint density at radius 2 is 2.44 bits per heavy atom. The molecule has 1 heterocycles. The molecule has 0 aromatic heterocycles. The van der Waals surface area contributed by atoms with Crippen molar-refractivity contribution in [2.45, 2.75) is 25.7 Å². The van der Waals surface area contributed by atoms with Crippen molar-refractivity contribution in [2.24, 2.45) is 5.73 Å². The van der Waals surface area contributed by atoms with Crippen LogP contribution in [0.15, 0.2) is 0 Å². The molecule has 2 atom stereocenters. The first-order chi connectivity index (χ1) is 4.33. The van der Waals surface area contributed by atoms with Crippen molar-refractivity contribution in [3.63, 3.8) is 0 Å². The Hall–Kier alpha value is -0.120. The van der Waals surface area contributed by atoms with E-state index in [4.69, 9.17) is 15.2 Å². The summed E-state index contributed by atoms with van der Waals surface area (Å²) in [6, 6.07) is 0. The second kappa shape index (κ2) is 3.15. The van der Waals surface area contributed by atoms with E-state index in [1.54, 1.807) is 0 Å². The van der Waals surface area contributed by atoms with Crippen LogP contribution in [0.1, 0.15) is 13.3 Å². The lowest BCUT2D eigenvalue weighted by molar-refractivity contribution is -0.201. The topological polar surface area (TPSA) is 44.5 Å². The number of hydrogen-bond donors (Lipinski definition) is 1. The predicted molar refractivity (Wildman–Crippen MR) is 34.0 cm³/mol. The van der Waals surface area contributed by atoms with Crippen molar-refractivity contribution >= 4 is 0 Å². The quantitative estimate of drug-likeness (QED) is 0.548. The van der Waals surface area contributed by atoms with Crippen molar-refractivity contribution in [1.82, 2.24) is 0 Å². The van der Waals surface area contributed by atoms with E-state index in [2.05, 4.69) is 0 Å². The zero-order chi connectivity index (χ0) is 6.69. The van der Waals surface area contributed by atoms with Crippen molar-refractivity contribution in [1.29, 1.82) is 0 Å². The van der Waals surface area contributed by atoms with Crippen LogP contribution in [0.3, 0.4) is 0 Å². The van der Waals surface area contributed by atoms with Crippen LogP contribution >= 0.6 is 0 Å². The van der Waals surface area contributed by atoms with E-state index in [0.717, 1.165) is 13.0 Å². The summed E-state index contributed by atoms with van der Waals surface area (Å²) in [4.78, 5) is 0. The summed E-state index contributed by atoms with van der Waals surface area (Å²) in [6.07, 6.45) is 1.14. The minimum atomic E-state index is -0.159. The van der Waals surface area contributed by atoms with Crippen LogP contribution in [0.25, 0.3) is 0 Å². The molecule has 1 saturated heterocycles. The molecule has 0 spiro atoms. The molecule has 1 aliphatic heterocycles. The second-order valence-electron chi connectivity index (χ2n) is 2.27. The molecule has 0 bridgehead atoms. The Kier molecular flexibility index (Phi) is 2.45. The zero-order valence-electron chi connectivity index (χ0n) is 5.67. The van der Waals surface area contributed by atoms with Gasteiger partial charge in [-0.25, -0.2) is 0 Å². The van der Waals surface area contributed by atoms with Crippen LogP contribution in [-0.2, 0) is 9.47 Å². The van der Waals surface area contributed by atoms with Crippen LogP contribution in [0.5, 0.6) is 0 Å². The number of nitrogens with two attached hydrogens (primary N) is 1. The molecule has 3 nitrogen and oxygen atoms in total. The van der Waals surface area contributed by atoms with Gasteiger partial charge in [0, 0.05) is 6.54 Å². The smallest absolute Gasteiger partial charge is 0.170 e. The molecule has 0 aromatic carbocycles. The predicted octanol–water partition coefficient (Wildman–Crippen LogP) is 0.0966. The molecule has 1 fully saturated rings. The second-order valence-corrected chi connectivity index (χ2v) is 2.27. The molecule has 3 heteroatoms. The van der Waals surface area contributed by atoms with E-state index >= 15 is 0 Å². The van der Waals surface area contributed by atoms with Gasteiger partial charge in [-0.2, -0.15) is 0 Å². The molecule has 0 amide bonds. The summed E-state index contributed by atoms with van der Waals surface area (Å²) in [5.74, 6) is 0. The fourth-order valence-electron chi connectivity index (χ4n) is 0.855. The van der Waals surface area contributed by atoms with Crippen LogP contribution in [0, 0.1) is 0 Å². The summed E-state index contributed by atoms with van der Waals surface area (Å²) in [6.45, 7) is 3.28. The van der Waals surface area contributed by atoms with Gasteiger partial charge in [0.25, 0.3) is 0 Å². The van der Waals surface area contributed by atoms with Crippen molar-refractivity contribution in [2.75, 3.05) is 13.2 Å². The average Bonchev–Trinajstić information content (AvgIpc) is 1.88. The maximum Gasteiger partial charge on any atom is 0.170 e. The maximum absolute atomic E-state index is 5.32. The number of hydrogen-bond acceptors (Lipinski definition) is 3. The Morgan fingerprint density at radius 1 is 1.67 bits per heavy atom. The van der Waals surface area contributed by atoms with E-state index in [0.29, 0.717) is 12.6 Å². The van der Waals surface area contributed by atoms with Gasteiger partial charge in [0.2, 0.25) is 0 Å². The molecule has 0 saturated carbocycles. The largest absolute Gasteiger partial charge is 0.351 e. The van der Waals surface area contributed by atoms with Crippen LogP contribution in [0.2, 0.25) is 0 Å². The lowest BCUT2D eigenvalue weighted by atomic mass is 10.3. The molecule has 9 heavy (non-hydrogen) atoms. The normalized spacial score (nSPS) is 36.7. The third kappa shape index (κ3) is 1.93. The van der Waals surface area contributed by atoms with Crippen LogP contribution in [-0.4, -0.2) is 25.5 Å². The summed E-state index contributed by atoms with van der Waals surface area (Å²) < 4.78 is 10.4. The highest BCUT2D eigenvalue weighted by molar-refractivity contribution is 4.58. The first kappa shape index (κ1) is 6.99. The lowest BCUT2D eigenvalue weighted by Gasteiger charge is -2.26. The Bertz CT molecular complexity index is 87.1. The lowest BCUT2D eigenvalue weighted by Crippen LogP contribution is -2.35. The van der Waals surface area contributed by atoms with Gasteiger partial charge in [-0.3, -0.25) is 0 Å². The maximum atomic E-state index is 5.32. The molecule has 1 aliphatic rings. The molecule has 1 rings (SSSR count). The summed E-state index contributed by atoms with van der Waals surface area (Å²) in [5.41, 5.74) is 5.32. The number of rotatable bonds is 1. The van der Waals surface area contributed by atoms with Gasteiger partial charge >= 0.3 is 0 Å². The Balaban J connectivity index is 2.23. The third-order valence-corrected chi connectivity index (χ3v) is 1.40. The molecule has 54 valence electrons. The number of ether oxygens (including phenoxy) is 2. The molecular formula is C6H13NO2. The minimum Gasteiger partial charge on any atom is -0.351 e. The van der Waals surface area contributed by atoms with Crippen molar-refractivity contribution in [3.05, 3.63) is 0 Å². The van der Waals surface area contributed by atoms with Gasteiger partial charge in [-0.05, 0) is 13.3 Å². The first-order valence-electron chi connectivity index (χ1n) is 3.30. The highest BCUT2D eigenvalue weighted by atomic mass is 16.7. The van der Waals surface area contributed by atoms with Gasteiger partial charge in [0.15, 0.2) is 6.29 Å². The minimum absolute atomic E-state index is 0.159. The van der Waals surface area contributed by atoms with Crippen LogP contribution < -0.4 is 5.73 Å². The SMILES string of the molecule is CC1CCOC(CN)O1. The van der Waals surface area contributed by atoms with Gasteiger partial charge in [0.1, 0.15) is 0 Å². The van der Waals surface area contributed by atoms with Crippen LogP contribution in [0.4, 0.5) is 0 Å². The third-order valence-electron chi connectivity index (χ3n) is 1.40. The highest BCUT2D eigenvalue weighted by Crippen LogP contribution is 2.09. The van der Waals surface area contributed by atoms with Crippen molar-refractivity contribution in [3.8, 4) is 0 Å². The first-order valence-corrected chi connectivity index (χ1v) is 3.30. The fraction of sp³-hybridized carbons (Fsp3) is 1.00. The molecule has 2 unspecified atom stereocenters. The van der Waals surface area contributed by atoms with E-state index < -0.39 is 0 Å². The van der Waals surface area contributed by atoms with Gasteiger partial charge in [0.05, 0.1) is 12.7 Å². The van der Waals surface area contributed by atoms with E-state index in [-0.39, 0.29) is 6.29 Å². The molecule has 0 aliphatic carbocycles. The molecular weight excluding hydrogens is 118 g/mol. The summed E-state index contributed by atoms with van der Waals surface area (Å²) in [5, 5.41) is 0. The van der Waals surface area contributed by atoms with Gasteiger partial charge < -0.3 is 15.2 Å². The fourth-order valence-corrected chi connectivity index (χ4v) is 0.855. The summed E-state index contributed by atoms with van der Waals surface area (Å²) >= 11 is 0. The summed E-state index contributed by atoms with van der Waals surface area (Å²) in [7, 11) is 0. The van der Waals surface area contributed by atoms with E-state index in [1.807, 2.05) is 6.92 Å². The Morgan fingerprint density at radius 3 is 2.89 bits per heavy atom. The van der Waals surface area contributed by atoms with Crippen molar-refractivity contribution < 1.29 is 9.47 Å². The Labute approximate surface area is 55.1 Å². The van der Waals surface area contributed by atoms with Gasteiger partial charge in [-0.1, -0.05) is 0 Å². The monoisotopic (exact) mass is 131 g/mol.